The summed E-state index contributed by atoms with van der Waals surface area (Å²) in [6.45, 7) is 0.497. The number of rotatable bonds is 4. The normalized spacial score (nSPS) is 10.2. The molecule has 3 aromatic heterocycles. The second-order valence-corrected chi connectivity index (χ2v) is 4.93. The third-order valence-corrected chi connectivity index (χ3v) is 3.47. The van der Waals surface area contributed by atoms with Gasteiger partial charge in [-0.3, -0.25) is 5.10 Å². The van der Waals surface area contributed by atoms with Gasteiger partial charge in [0.1, 0.15) is 17.7 Å². The molecule has 0 fully saturated rings. The van der Waals surface area contributed by atoms with E-state index in [1.165, 1.54) is 6.20 Å². The minimum atomic E-state index is 0.497. The summed E-state index contributed by atoms with van der Waals surface area (Å²) in [6, 6.07) is 9.45. The summed E-state index contributed by atoms with van der Waals surface area (Å²) in [5.41, 5.74) is 0.537. The van der Waals surface area contributed by atoms with Crippen molar-refractivity contribution in [3.8, 4) is 16.8 Å². The Labute approximate surface area is 119 Å². The molecule has 0 amide bonds. The zero-order valence-electron chi connectivity index (χ0n) is 10.4. The molecule has 0 aliphatic rings. The maximum atomic E-state index is 8.70. The summed E-state index contributed by atoms with van der Waals surface area (Å²) >= 11 is 1.60. The van der Waals surface area contributed by atoms with Crippen molar-refractivity contribution in [1.29, 1.82) is 5.26 Å². The van der Waals surface area contributed by atoms with Gasteiger partial charge in [-0.1, -0.05) is 6.07 Å². The number of hydrogen-bond acceptors (Lipinski definition) is 6. The fourth-order valence-electron chi connectivity index (χ4n) is 1.63. The highest BCUT2D eigenvalue weighted by Gasteiger charge is 2.06. The van der Waals surface area contributed by atoms with E-state index in [2.05, 4.69) is 25.5 Å². The largest absolute Gasteiger partial charge is 0.363 e. The van der Waals surface area contributed by atoms with Crippen molar-refractivity contribution < 1.29 is 0 Å². The maximum Gasteiger partial charge on any atom is 0.191 e. The number of H-pyrrole nitrogens is 1. The highest BCUT2D eigenvalue weighted by molar-refractivity contribution is 7.13. The monoisotopic (exact) mass is 282 g/mol. The molecule has 0 saturated heterocycles. The number of anilines is 1. The number of aromatic amines is 1. The third kappa shape index (κ3) is 2.65. The molecule has 0 atom stereocenters. The van der Waals surface area contributed by atoms with Crippen LogP contribution in [0, 0.1) is 11.3 Å². The summed E-state index contributed by atoms with van der Waals surface area (Å²) in [4.78, 5) is 9.56. The highest BCUT2D eigenvalue weighted by Crippen LogP contribution is 2.20. The van der Waals surface area contributed by atoms with Gasteiger partial charge in [0.05, 0.1) is 17.0 Å². The van der Waals surface area contributed by atoms with Crippen molar-refractivity contribution in [3.63, 3.8) is 0 Å². The molecule has 7 heteroatoms. The molecule has 0 aliphatic carbocycles. The Kier molecular flexibility index (Phi) is 3.39. The van der Waals surface area contributed by atoms with E-state index in [1.54, 1.807) is 23.5 Å². The summed E-state index contributed by atoms with van der Waals surface area (Å²) in [5, 5.41) is 20.9. The van der Waals surface area contributed by atoms with Crippen molar-refractivity contribution in [2.24, 2.45) is 0 Å². The Morgan fingerprint density at radius 1 is 1.35 bits per heavy atom. The van der Waals surface area contributed by atoms with Crippen molar-refractivity contribution >= 4 is 17.2 Å². The third-order valence-electron chi connectivity index (χ3n) is 2.60. The molecule has 0 aliphatic heterocycles. The smallest absolute Gasteiger partial charge is 0.191 e. The van der Waals surface area contributed by atoms with Gasteiger partial charge < -0.3 is 5.32 Å². The second kappa shape index (κ2) is 5.50. The average Bonchev–Trinajstić information content (AvgIpc) is 3.16. The average molecular weight is 282 g/mol. The number of aromatic nitrogens is 4. The number of nitrogens with one attached hydrogen (secondary N) is 2. The number of nitriles is 1. The zero-order valence-corrected chi connectivity index (χ0v) is 11.2. The first-order chi connectivity index (χ1) is 9.85. The van der Waals surface area contributed by atoms with Gasteiger partial charge in [-0.25, -0.2) is 9.97 Å². The molecule has 0 saturated carbocycles. The fourth-order valence-corrected chi connectivity index (χ4v) is 2.29. The molecule has 2 N–H and O–H groups in total. The van der Waals surface area contributed by atoms with Crippen LogP contribution in [-0.4, -0.2) is 20.2 Å². The van der Waals surface area contributed by atoms with Gasteiger partial charge in [-0.05, 0) is 23.6 Å². The molecule has 0 spiro atoms. The molecule has 0 aromatic carbocycles. The summed E-state index contributed by atoms with van der Waals surface area (Å²) in [5.74, 6) is 2.13. The first-order valence-corrected chi connectivity index (χ1v) is 6.78. The van der Waals surface area contributed by atoms with Crippen LogP contribution in [0.4, 0.5) is 5.82 Å². The Morgan fingerprint density at radius 2 is 2.30 bits per heavy atom. The van der Waals surface area contributed by atoms with Crippen LogP contribution in [0.25, 0.3) is 10.7 Å². The number of hydrogen-bond donors (Lipinski definition) is 2. The number of pyridine rings is 1. The van der Waals surface area contributed by atoms with Gasteiger partial charge in [0.2, 0.25) is 0 Å². The predicted molar refractivity (Wildman–Crippen MR) is 76.0 cm³/mol. The number of nitrogens with zero attached hydrogens (tertiary/aromatic N) is 4. The van der Waals surface area contributed by atoms with Crippen molar-refractivity contribution in [1.82, 2.24) is 20.2 Å². The van der Waals surface area contributed by atoms with Crippen LogP contribution in [0.3, 0.4) is 0 Å². The summed E-state index contributed by atoms with van der Waals surface area (Å²) in [6.07, 6.45) is 1.53. The summed E-state index contributed by atoms with van der Waals surface area (Å²) < 4.78 is 0. The zero-order chi connectivity index (χ0) is 13.8. The van der Waals surface area contributed by atoms with Gasteiger partial charge in [0, 0.05) is 6.20 Å². The molecule has 0 bridgehead atoms. The Hall–Kier alpha value is -2.72. The Bertz CT molecular complexity index is 723. The first kappa shape index (κ1) is 12.3. The van der Waals surface area contributed by atoms with Gasteiger partial charge >= 0.3 is 0 Å². The van der Waals surface area contributed by atoms with Gasteiger partial charge in [0.15, 0.2) is 5.82 Å². The lowest BCUT2D eigenvalue weighted by Crippen LogP contribution is -2.02. The van der Waals surface area contributed by atoms with E-state index < -0.39 is 0 Å². The van der Waals surface area contributed by atoms with E-state index in [4.69, 9.17) is 5.26 Å². The Balaban J connectivity index is 1.65. The van der Waals surface area contributed by atoms with E-state index in [0.29, 0.717) is 23.8 Å². The molecule has 3 aromatic rings. The van der Waals surface area contributed by atoms with Crippen LogP contribution in [0.1, 0.15) is 11.4 Å². The highest BCUT2D eigenvalue weighted by atomic mass is 32.1. The SMILES string of the molecule is N#Cc1ccc(NCc2nc(-c3cccs3)n[nH]2)nc1. The minimum Gasteiger partial charge on any atom is -0.363 e. The van der Waals surface area contributed by atoms with E-state index >= 15 is 0 Å². The topological polar surface area (TPSA) is 90.3 Å². The van der Waals surface area contributed by atoms with Crippen LogP contribution in [0.15, 0.2) is 35.8 Å². The van der Waals surface area contributed by atoms with Gasteiger partial charge in [0.25, 0.3) is 0 Å². The van der Waals surface area contributed by atoms with E-state index in [9.17, 15) is 0 Å². The van der Waals surface area contributed by atoms with Crippen LogP contribution >= 0.6 is 11.3 Å². The van der Waals surface area contributed by atoms with Gasteiger partial charge in [-0.2, -0.15) is 10.4 Å². The molecular formula is C13H10N6S. The Morgan fingerprint density at radius 3 is 3.00 bits per heavy atom. The van der Waals surface area contributed by atoms with Crippen molar-refractivity contribution in [2.75, 3.05) is 5.32 Å². The lowest BCUT2D eigenvalue weighted by molar-refractivity contribution is 0.947. The first-order valence-electron chi connectivity index (χ1n) is 5.90. The van der Waals surface area contributed by atoms with Crippen molar-refractivity contribution in [3.05, 3.63) is 47.2 Å². The minimum absolute atomic E-state index is 0.497. The molecule has 3 heterocycles. The second-order valence-electron chi connectivity index (χ2n) is 3.98. The molecule has 0 radical (unpaired) electrons. The summed E-state index contributed by atoms with van der Waals surface area (Å²) in [7, 11) is 0. The lowest BCUT2D eigenvalue weighted by Gasteiger charge is -2.02. The molecule has 0 unspecified atom stereocenters. The predicted octanol–water partition coefficient (Wildman–Crippen LogP) is 2.41. The lowest BCUT2D eigenvalue weighted by atomic mass is 10.3. The quantitative estimate of drug-likeness (QED) is 0.767. The van der Waals surface area contributed by atoms with Crippen LogP contribution in [0.2, 0.25) is 0 Å². The number of thiophene rings is 1. The van der Waals surface area contributed by atoms with Crippen LogP contribution in [-0.2, 0) is 6.54 Å². The molecular weight excluding hydrogens is 272 g/mol. The standard InChI is InChI=1S/C13H10N6S/c14-6-9-3-4-11(15-7-9)16-8-12-17-13(19-18-12)10-2-1-5-20-10/h1-5,7H,8H2,(H,15,16)(H,17,18,19). The van der Waals surface area contributed by atoms with Crippen LogP contribution < -0.4 is 5.32 Å². The van der Waals surface area contributed by atoms with Crippen LogP contribution in [0.5, 0.6) is 0 Å². The maximum absolute atomic E-state index is 8.70. The molecule has 6 nitrogen and oxygen atoms in total. The van der Waals surface area contributed by atoms with Crippen molar-refractivity contribution in [2.45, 2.75) is 6.54 Å². The molecule has 20 heavy (non-hydrogen) atoms. The van der Waals surface area contributed by atoms with E-state index in [-0.39, 0.29) is 0 Å². The fraction of sp³-hybridized carbons (Fsp3) is 0.0769. The van der Waals surface area contributed by atoms with E-state index in [1.807, 2.05) is 23.6 Å². The van der Waals surface area contributed by atoms with E-state index in [0.717, 1.165) is 10.7 Å². The molecule has 98 valence electrons. The van der Waals surface area contributed by atoms with Gasteiger partial charge in [-0.15, -0.1) is 11.3 Å². The molecule has 3 rings (SSSR count).